The van der Waals surface area contributed by atoms with Crippen LogP contribution in [0.1, 0.15) is 25.2 Å². The number of aromatic nitrogens is 2. The van der Waals surface area contributed by atoms with Crippen molar-refractivity contribution in [2.75, 3.05) is 0 Å². The molecule has 18 heavy (non-hydrogen) atoms. The van der Waals surface area contributed by atoms with Gasteiger partial charge in [0.1, 0.15) is 5.82 Å². The summed E-state index contributed by atoms with van der Waals surface area (Å²) in [5.41, 5.74) is 9.33. The quantitative estimate of drug-likeness (QED) is 0.897. The minimum absolute atomic E-state index is 0.474. The second-order valence-electron chi connectivity index (χ2n) is 5.12. The zero-order chi connectivity index (χ0) is 13.1. The summed E-state index contributed by atoms with van der Waals surface area (Å²) in [5, 5.41) is 0. The van der Waals surface area contributed by atoms with Crippen LogP contribution in [0.4, 0.5) is 0 Å². The van der Waals surface area contributed by atoms with Gasteiger partial charge < -0.3 is 10.3 Å². The minimum atomic E-state index is 0.474. The number of benzene rings is 1. The van der Waals surface area contributed by atoms with E-state index in [4.69, 9.17) is 5.73 Å². The molecule has 0 saturated heterocycles. The predicted octanol–water partition coefficient (Wildman–Crippen LogP) is 2.74. The van der Waals surface area contributed by atoms with Crippen molar-refractivity contribution >= 4 is 0 Å². The van der Waals surface area contributed by atoms with Crippen molar-refractivity contribution in [2.24, 2.45) is 18.7 Å². The molecule has 0 saturated carbocycles. The molecule has 0 aliphatic rings. The molecule has 2 rings (SSSR count). The Morgan fingerprint density at radius 2 is 1.89 bits per heavy atom. The maximum absolute atomic E-state index is 5.64. The molecule has 0 aliphatic heterocycles. The van der Waals surface area contributed by atoms with Crippen molar-refractivity contribution in [1.82, 2.24) is 9.55 Å². The molecule has 1 heterocycles. The molecule has 2 N–H and O–H groups in total. The smallest absolute Gasteiger partial charge is 0.122 e. The van der Waals surface area contributed by atoms with Crippen LogP contribution >= 0.6 is 0 Å². The third-order valence-corrected chi connectivity index (χ3v) is 3.16. The van der Waals surface area contributed by atoms with Crippen LogP contribution in [-0.4, -0.2) is 9.55 Å². The SMILES string of the molecule is CC(C)Cc1ccc(-c2cnc(CN)n2C)cc1. The standard InChI is InChI=1S/C15H21N3/c1-11(2)8-12-4-6-13(7-5-12)14-10-17-15(9-16)18(14)3/h4-7,10-11H,8-9,16H2,1-3H3. The highest BCUT2D eigenvalue weighted by atomic mass is 15.1. The third-order valence-electron chi connectivity index (χ3n) is 3.16. The summed E-state index contributed by atoms with van der Waals surface area (Å²) in [6.07, 6.45) is 3.01. The van der Waals surface area contributed by atoms with E-state index in [1.165, 1.54) is 11.1 Å². The second-order valence-corrected chi connectivity index (χ2v) is 5.12. The zero-order valence-corrected chi connectivity index (χ0v) is 11.4. The van der Waals surface area contributed by atoms with Crippen molar-refractivity contribution in [2.45, 2.75) is 26.8 Å². The second kappa shape index (κ2) is 5.36. The van der Waals surface area contributed by atoms with E-state index in [0.717, 1.165) is 17.9 Å². The highest BCUT2D eigenvalue weighted by molar-refractivity contribution is 5.59. The van der Waals surface area contributed by atoms with E-state index in [2.05, 4.69) is 47.7 Å². The van der Waals surface area contributed by atoms with Gasteiger partial charge in [-0.05, 0) is 23.5 Å². The monoisotopic (exact) mass is 243 g/mol. The Labute approximate surface area is 109 Å². The van der Waals surface area contributed by atoms with Crippen LogP contribution in [0.5, 0.6) is 0 Å². The number of rotatable bonds is 4. The Kier molecular flexibility index (Phi) is 3.82. The lowest BCUT2D eigenvalue weighted by molar-refractivity contribution is 0.647. The van der Waals surface area contributed by atoms with E-state index in [0.29, 0.717) is 12.5 Å². The van der Waals surface area contributed by atoms with Gasteiger partial charge in [-0.25, -0.2) is 4.98 Å². The van der Waals surface area contributed by atoms with E-state index in [-0.39, 0.29) is 0 Å². The topological polar surface area (TPSA) is 43.8 Å². The lowest BCUT2D eigenvalue weighted by Crippen LogP contribution is -2.05. The lowest BCUT2D eigenvalue weighted by Gasteiger charge is -2.08. The maximum Gasteiger partial charge on any atom is 0.122 e. The van der Waals surface area contributed by atoms with E-state index >= 15 is 0 Å². The molecule has 0 unspecified atom stereocenters. The fourth-order valence-corrected chi connectivity index (χ4v) is 2.19. The number of imidazole rings is 1. The highest BCUT2D eigenvalue weighted by Crippen LogP contribution is 2.21. The average molecular weight is 243 g/mol. The molecule has 96 valence electrons. The molecule has 0 bridgehead atoms. The molecule has 0 atom stereocenters. The van der Waals surface area contributed by atoms with Gasteiger partial charge in [-0.15, -0.1) is 0 Å². The molecule has 0 aliphatic carbocycles. The van der Waals surface area contributed by atoms with E-state index < -0.39 is 0 Å². The minimum Gasteiger partial charge on any atom is -0.330 e. The van der Waals surface area contributed by atoms with Gasteiger partial charge in [0.2, 0.25) is 0 Å². The molecule has 0 amide bonds. The lowest BCUT2D eigenvalue weighted by atomic mass is 10.0. The van der Waals surface area contributed by atoms with Gasteiger partial charge in [-0.3, -0.25) is 0 Å². The van der Waals surface area contributed by atoms with Gasteiger partial charge in [0.25, 0.3) is 0 Å². The zero-order valence-electron chi connectivity index (χ0n) is 11.4. The Hall–Kier alpha value is -1.61. The summed E-state index contributed by atoms with van der Waals surface area (Å²) < 4.78 is 2.05. The van der Waals surface area contributed by atoms with Crippen LogP contribution in [0.25, 0.3) is 11.3 Å². The number of hydrogen-bond acceptors (Lipinski definition) is 2. The fourth-order valence-electron chi connectivity index (χ4n) is 2.19. The Balaban J connectivity index is 2.26. The summed E-state index contributed by atoms with van der Waals surface area (Å²) >= 11 is 0. The molecule has 2 aromatic rings. The summed E-state index contributed by atoms with van der Waals surface area (Å²) in [6, 6.07) is 8.72. The number of nitrogens with zero attached hydrogens (tertiary/aromatic N) is 2. The Morgan fingerprint density at radius 1 is 1.22 bits per heavy atom. The molecule has 0 spiro atoms. The third kappa shape index (κ3) is 2.62. The fraction of sp³-hybridized carbons (Fsp3) is 0.400. The van der Waals surface area contributed by atoms with Gasteiger partial charge in [-0.1, -0.05) is 38.1 Å². The average Bonchev–Trinajstić information content (AvgIpc) is 2.71. The molecule has 0 radical (unpaired) electrons. The Morgan fingerprint density at radius 3 is 2.39 bits per heavy atom. The highest BCUT2D eigenvalue weighted by Gasteiger charge is 2.07. The first-order valence-corrected chi connectivity index (χ1v) is 6.41. The van der Waals surface area contributed by atoms with Crippen LogP contribution in [0, 0.1) is 5.92 Å². The van der Waals surface area contributed by atoms with Crippen molar-refractivity contribution in [3.8, 4) is 11.3 Å². The van der Waals surface area contributed by atoms with Crippen molar-refractivity contribution in [3.05, 3.63) is 41.9 Å². The van der Waals surface area contributed by atoms with Crippen molar-refractivity contribution < 1.29 is 0 Å². The van der Waals surface area contributed by atoms with Gasteiger partial charge in [0.05, 0.1) is 18.4 Å². The first-order valence-electron chi connectivity index (χ1n) is 6.41. The first kappa shape index (κ1) is 12.8. The maximum atomic E-state index is 5.64. The summed E-state index contributed by atoms with van der Waals surface area (Å²) in [4.78, 5) is 4.32. The normalized spacial score (nSPS) is 11.2. The Bertz CT molecular complexity index is 509. The van der Waals surface area contributed by atoms with Crippen LogP contribution in [-0.2, 0) is 20.0 Å². The largest absolute Gasteiger partial charge is 0.330 e. The van der Waals surface area contributed by atoms with Crippen molar-refractivity contribution in [3.63, 3.8) is 0 Å². The molecule has 3 heteroatoms. The number of hydrogen-bond donors (Lipinski definition) is 1. The van der Waals surface area contributed by atoms with Crippen LogP contribution in [0.15, 0.2) is 30.5 Å². The summed E-state index contributed by atoms with van der Waals surface area (Å²) in [7, 11) is 2.01. The summed E-state index contributed by atoms with van der Waals surface area (Å²) in [5.74, 6) is 1.60. The van der Waals surface area contributed by atoms with Gasteiger partial charge in [-0.2, -0.15) is 0 Å². The molecular formula is C15H21N3. The van der Waals surface area contributed by atoms with Gasteiger partial charge in [0.15, 0.2) is 0 Å². The molecule has 1 aromatic carbocycles. The van der Waals surface area contributed by atoms with Crippen LogP contribution in [0.2, 0.25) is 0 Å². The first-order chi connectivity index (χ1) is 8.61. The number of nitrogens with two attached hydrogens (primary N) is 1. The van der Waals surface area contributed by atoms with E-state index in [1.807, 2.05) is 13.2 Å². The van der Waals surface area contributed by atoms with Crippen LogP contribution < -0.4 is 5.73 Å². The predicted molar refractivity (Wildman–Crippen MR) is 75.1 cm³/mol. The van der Waals surface area contributed by atoms with Crippen molar-refractivity contribution in [1.29, 1.82) is 0 Å². The van der Waals surface area contributed by atoms with E-state index in [1.54, 1.807) is 0 Å². The molecular weight excluding hydrogens is 222 g/mol. The van der Waals surface area contributed by atoms with Crippen LogP contribution in [0.3, 0.4) is 0 Å². The molecule has 1 aromatic heterocycles. The van der Waals surface area contributed by atoms with Gasteiger partial charge in [0, 0.05) is 7.05 Å². The van der Waals surface area contributed by atoms with E-state index in [9.17, 15) is 0 Å². The van der Waals surface area contributed by atoms with Gasteiger partial charge >= 0.3 is 0 Å². The molecule has 3 nitrogen and oxygen atoms in total. The molecule has 0 fully saturated rings. The summed E-state index contributed by atoms with van der Waals surface area (Å²) in [6.45, 7) is 4.95.